The van der Waals surface area contributed by atoms with Crippen LogP contribution < -0.4 is 4.74 Å². The van der Waals surface area contributed by atoms with Gasteiger partial charge in [-0.3, -0.25) is 14.5 Å². The second kappa shape index (κ2) is 15.5. The first kappa shape index (κ1) is 33.4. The normalized spacial score (nSPS) is 17.6. The molecule has 1 amide bonds. The lowest BCUT2D eigenvalue weighted by molar-refractivity contribution is -0.147. The van der Waals surface area contributed by atoms with Gasteiger partial charge >= 0.3 is 12.1 Å². The van der Waals surface area contributed by atoms with Crippen LogP contribution in [0.15, 0.2) is 41.7 Å². The number of fused-ring (bicyclic) bond motifs is 1. The molecule has 0 atom stereocenters. The summed E-state index contributed by atoms with van der Waals surface area (Å²) in [6, 6.07) is 8.23. The van der Waals surface area contributed by atoms with Crippen LogP contribution in [-0.4, -0.2) is 111 Å². The molecular weight excluding hydrogens is 599 g/mol. The van der Waals surface area contributed by atoms with E-state index in [0.29, 0.717) is 37.3 Å². The molecule has 0 radical (unpaired) electrons. The van der Waals surface area contributed by atoms with Crippen molar-refractivity contribution in [1.29, 1.82) is 0 Å². The first-order valence-corrected chi connectivity index (χ1v) is 14.6. The Balaban J connectivity index is 0.000000510. The number of aliphatic carboxylic acids is 1. The van der Waals surface area contributed by atoms with E-state index in [-0.39, 0.29) is 18.2 Å². The monoisotopic (exact) mass is 635 g/mol. The van der Waals surface area contributed by atoms with Crippen LogP contribution in [-0.2, 0) is 31.7 Å². The Hall–Kier alpha value is -4.47. The summed E-state index contributed by atoms with van der Waals surface area (Å²) >= 11 is 0. The number of carbonyl (C=O) groups excluding carboxylic acids is 2. The molecule has 2 saturated heterocycles. The van der Waals surface area contributed by atoms with Crippen LogP contribution in [0.2, 0.25) is 0 Å². The highest BCUT2D eigenvalue weighted by Crippen LogP contribution is 2.32. The molecule has 4 heterocycles. The van der Waals surface area contributed by atoms with Gasteiger partial charge in [0.2, 0.25) is 5.91 Å². The molecule has 1 N–H and O–H groups in total. The fraction of sp³-hybridized carbons (Fsp3) is 0.517. The van der Waals surface area contributed by atoms with Crippen LogP contribution in [0, 0.1) is 0 Å². The lowest BCUT2D eigenvalue weighted by Gasteiger charge is -2.35. The van der Waals surface area contributed by atoms with Gasteiger partial charge in [0.05, 0.1) is 6.08 Å². The van der Waals surface area contributed by atoms with Crippen molar-refractivity contribution in [3.8, 4) is 5.75 Å². The fourth-order valence-electron chi connectivity index (χ4n) is 5.38. The van der Waals surface area contributed by atoms with Crippen molar-refractivity contribution < 1.29 is 42.1 Å². The van der Waals surface area contributed by atoms with Crippen molar-refractivity contribution >= 4 is 24.2 Å². The average molecular weight is 636 g/mol. The number of piperazine rings is 1. The summed E-state index contributed by atoms with van der Waals surface area (Å²) in [4.78, 5) is 36.6. The maximum atomic E-state index is 13.2. The minimum atomic E-state index is -4.58. The zero-order valence-electron chi connectivity index (χ0n) is 24.9. The summed E-state index contributed by atoms with van der Waals surface area (Å²) < 4.78 is 50.3. The van der Waals surface area contributed by atoms with Gasteiger partial charge in [-0.25, -0.2) is 4.79 Å². The molecule has 45 heavy (non-hydrogen) atoms. The number of piperidine rings is 1. The second-order valence-corrected chi connectivity index (χ2v) is 10.7. The topological polar surface area (TPSA) is 143 Å². The molecule has 0 aliphatic carbocycles. The van der Waals surface area contributed by atoms with Gasteiger partial charge in [0, 0.05) is 65.6 Å². The summed E-state index contributed by atoms with van der Waals surface area (Å²) in [6.45, 7) is 7.96. The molecule has 0 spiro atoms. The van der Waals surface area contributed by atoms with Gasteiger partial charge in [-0.2, -0.15) is 22.9 Å². The Kier molecular flexibility index (Phi) is 11.5. The number of aromatic nitrogens is 3. The van der Waals surface area contributed by atoms with Crippen LogP contribution in [0.5, 0.6) is 5.75 Å². The number of alkyl halides is 3. The molecule has 1 aromatic heterocycles. The third-order valence-corrected chi connectivity index (χ3v) is 7.80. The van der Waals surface area contributed by atoms with Crippen molar-refractivity contribution in [2.45, 2.75) is 44.7 Å². The van der Waals surface area contributed by atoms with E-state index >= 15 is 0 Å². The number of amides is 1. The zero-order chi connectivity index (χ0) is 32.4. The zero-order valence-corrected chi connectivity index (χ0v) is 24.9. The molecular formula is C29H36F3N7O6. The maximum absolute atomic E-state index is 13.2. The van der Waals surface area contributed by atoms with Crippen LogP contribution in [0.1, 0.15) is 49.3 Å². The van der Waals surface area contributed by atoms with E-state index in [2.05, 4.69) is 42.0 Å². The largest absolute Gasteiger partial charge is 0.492 e. The van der Waals surface area contributed by atoms with Gasteiger partial charge in [-0.05, 0) is 36.5 Å². The molecule has 244 valence electrons. The molecule has 5 rings (SSSR count). The lowest BCUT2D eigenvalue weighted by atomic mass is 9.89. The molecule has 0 saturated carbocycles. The fourth-order valence-corrected chi connectivity index (χ4v) is 5.38. The van der Waals surface area contributed by atoms with E-state index in [1.165, 1.54) is 5.56 Å². The number of likely N-dealkylation sites (tertiary alicyclic amines) is 1. The van der Waals surface area contributed by atoms with Crippen molar-refractivity contribution in [2.24, 2.45) is 5.10 Å². The van der Waals surface area contributed by atoms with Gasteiger partial charge in [0.15, 0.2) is 5.82 Å². The average Bonchev–Trinajstić information content (AvgIpc) is 3.46. The number of aryl methyl sites for hydroxylation is 1. The highest BCUT2D eigenvalue weighted by molar-refractivity contribution is 5.83. The standard InChI is InChI=1S/C25H32F3N7O2.C4H4O4/c1-18(36)33-14-12-32(13-15-33)16-17-37-21-4-2-19(3-5-21)20-8-10-34(11-9-20)23-7-6-22-29-30-24(25(26,27)28)35(22)31-23;5-3-8-2-1-4(6)7/h2-5,20H,6-17H2,1H3;1-3H,(H,6,7)/b;2-1-. The molecule has 3 aliphatic rings. The molecule has 1 aromatic carbocycles. The second-order valence-electron chi connectivity index (χ2n) is 10.7. The minimum Gasteiger partial charge on any atom is -0.492 e. The Morgan fingerprint density at radius 3 is 2.31 bits per heavy atom. The molecule has 16 heteroatoms. The van der Waals surface area contributed by atoms with Crippen molar-refractivity contribution in [1.82, 2.24) is 29.6 Å². The van der Waals surface area contributed by atoms with E-state index < -0.39 is 18.0 Å². The maximum Gasteiger partial charge on any atom is 0.453 e. The molecule has 2 aromatic rings. The Morgan fingerprint density at radius 2 is 1.71 bits per heavy atom. The third kappa shape index (κ3) is 9.51. The Labute approximate surface area is 257 Å². The van der Waals surface area contributed by atoms with Gasteiger partial charge in [-0.15, -0.1) is 10.2 Å². The highest BCUT2D eigenvalue weighted by Gasteiger charge is 2.40. The number of halogens is 3. The molecule has 0 bridgehead atoms. The van der Waals surface area contributed by atoms with Gasteiger partial charge in [-0.1, -0.05) is 12.1 Å². The molecule has 13 nitrogen and oxygen atoms in total. The summed E-state index contributed by atoms with van der Waals surface area (Å²) in [5.74, 6) is 0.0778. The van der Waals surface area contributed by atoms with E-state index in [0.717, 1.165) is 75.3 Å². The number of benzene rings is 1. The van der Waals surface area contributed by atoms with Crippen LogP contribution in [0.25, 0.3) is 0 Å². The van der Waals surface area contributed by atoms with Crippen LogP contribution in [0.3, 0.4) is 0 Å². The predicted molar refractivity (Wildman–Crippen MR) is 154 cm³/mol. The van der Waals surface area contributed by atoms with Crippen LogP contribution in [0.4, 0.5) is 13.2 Å². The molecule has 3 aliphatic heterocycles. The lowest BCUT2D eigenvalue weighted by Crippen LogP contribution is -2.48. The van der Waals surface area contributed by atoms with E-state index in [1.807, 2.05) is 17.0 Å². The SMILES string of the molecule is CC(=O)N1CCN(CCOc2ccc(C3CCN(C4=Nn5c(nnc5C(F)(F)F)CC4)CC3)cc2)CC1.O=CO/C=C\C(=O)O. The van der Waals surface area contributed by atoms with Gasteiger partial charge in [0.25, 0.3) is 12.3 Å². The minimum absolute atomic E-state index is 0.134. The summed E-state index contributed by atoms with van der Waals surface area (Å²) in [5, 5.41) is 19.1. The Morgan fingerprint density at radius 1 is 1.02 bits per heavy atom. The smallest absolute Gasteiger partial charge is 0.453 e. The van der Waals surface area contributed by atoms with Crippen molar-refractivity contribution in [3.05, 3.63) is 53.8 Å². The number of amidine groups is 1. The molecule has 0 unspecified atom stereocenters. The quantitative estimate of drug-likeness (QED) is 0.261. The first-order valence-electron chi connectivity index (χ1n) is 14.6. The predicted octanol–water partition coefficient (Wildman–Crippen LogP) is 2.58. The first-order chi connectivity index (χ1) is 21.5. The van der Waals surface area contributed by atoms with Gasteiger partial charge < -0.3 is 24.4 Å². The highest BCUT2D eigenvalue weighted by atomic mass is 19.4. The number of nitrogens with zero attached hydrogens (tertiary/aromatic N) is 7. The summed E-state index contributed by atoms with van der Waals surface area (Å²) in [5.41, 5.74) is 1.25. The third-order valence-electron chi connectivity index (χ3n) is 7.80. The van der Waals surface area contributed by atoms with Crippen molar-refractivity contribution in [2.75, 3.05) is 52.4 Å². The summed E-state index contributed by atoms with van der Waals surface area (Å²) in [6.07, 6.45) is -0.286. The van der Waals surface area contributed by atoms with Crippen molar-refractivity contribution in [3.63, 3.8) is 0 Å². The molecule has 2 fully saturated rings. The number of hydrogen-bond donors (Lipinski definition) is 1. The number of ether oxygens (including phenoxy) is 2. The number of carboxylic acid groups (broad SMARTS) is 1. The van der Waals surface area contributed by atoms with Crippen LogP contribution >= 0.6 is 0 Å². The Bertz CT molecular complexity index is 1360. The van der Waals surface area contributed by atoms with E-state index in [1.54, 1.807) is 6.92 Å². The van der Waals surface area contributed by atoms with Gasteiger partial charge in [0.1, 0.15) is 24.5 Å². The van der Waals surface area contributed by atoms with E-state index in [9.17, 15) is 27.6 Å². The number of rotatable bonds is 8. The number of carbonyl (C=O) groups is 3. The number of carboxylic acids is 1. The number of hydrogen-bond acceptors (Lipinski definition) is 10. The summed E-state index contributed by atoms with van der Waals surface area (Å²) in [7, 11) is 0. The van der Waals surface area contributed by atoms with E-state index in [4.69, 9.17) is 9.84 Å².